The van der Waals surface area contributed by atoms with Gasteiger partial charge in [-0.25, -0.2) is 8.78 Å². The summed E-state index contributed by atoms with van der Waals surface area (Å²) < 4.78 is 26.2. The fourth-order valence-corrected chi connectivity index (χ4v) is 3.74. The Morgan fingerprint density at radius 3 is 2.20 bits per heavy atom. The van der Waals surface area contributed by atoms with E-state index >= 15 is 0 Å². The van der Waals surface area contributed by atoms with Gasteiger partial charge < -0.3 is 10.2 Å². The van der Waals surface area contributed by atoms with Crippen molar-refractivity contribution in [1.82, 2.24) is 15.1 Å². The highest BCUT2D eigenvalue weighted by Crippen LogP contribution is 2.20. The van der Waals surface area contributed by atoms with Crippen LogP contribution in [0.1, 0.15) is 22.3 Å². The molecule has 5 nitrogen and oxygen atoms in total. The first-order chi connectivity index (χ1) is 14.3. The molecular formula is C21H21Cl2F2N3O2. The van der Waals surface area contributed by atoms with Crippen LogP contribution in [0.15, 0.2) is 36.4 Å². The monoisotopic (exact) mass is 455 g/mol. The highest BCUT2D eigenvalue weighted by Gasteiger charge is 2.21. The van der Waals surface area contributed by atoms with E-state index in [4.69, 9.17) is 23.2 Å². The van der Waals surface area contributed by atoms with Gasteiger partial charge in [-0.3, -0.25) is 14.5 Å². The minimum Gasteiger partial charge on any atom is -0.351 e. The second-order valence-corrected chi connectivity index (χ2v) is 7.84. The van der Waals surface area contributed by atoms with E-state index in [1.54, 1.807) is 11.0 Å². The van der Waals surface area contributed by atoms with E-state index in [1.165, 1.54) is 18.2 Å². The summed E-state index contributed by atoms with van der Waals surface area (Å²) in [4.78, 5) is 28.4. The highest BCUT2D eigenvalue weighted by molar-refractivity contribution is 6.33. The standard InChI is InChI=1S/C21H21Cl2F2N3O2/c22-18-11-15(24)2-1-14(18)13-27-7-9-28(10-8-27)20(29)5-6-26-21(30)17-4-3-16(25)12-19(17)23/h1-4,11-12H,5-10,13H2,(H,26,30). The molecule has 2 amide bonds. The van der Waals surface area contributed by atoms with Crippen molar-refractivity contribution in [3.8, 4) is 0 Å². The van der Waals surface area contributed by atoms with Gasteiger partial charge in [0.25, 0.3) is 5.91 Å². The molecule has 0 bridgehead atoms. The van der Waals surface area contributed by atoms with Gasteiger partial charge >= 0.3 is 0 Å². The molecule has 1 heterocycles. The Balaban J connectivity index is 1.41. The number of nitrogens with zero attached hydrogens (tertiary/aromatic N) is 2. The van der Waals surface area contributed by atoms with Crippen LogP contribution >= 0.6 is 23.2 Å². The van der Waals surface area contributed by atoms with Crippen LogP contribution in [0.25, 0.3) is 0 Å². The van der Waals surface area contributed by atoms with Crippen LogP contribution in [0, 0.1) is 11.6 Å². The third kappa shape index (κ3) is 5.90. The molecule has 0 spiro atoms. The third-order valence-electron chi connectivity index (χ3n) is 4.93. The van der Waals surface area contributed by atoms with Gasteiger partial charge in [0.2, 0.25) is 5.91 Å². The van der Waals surface area contributed by atoms with Gasteiger partial charge in [-0.15, -0.1) is 0 Å². The second-order valence-electron chi connectivity index (χ2n) is 7.02. The quantitative estimate of drug-likeness (QED) is 0.721. The van der Waals surface area contributed by atoms with Crippen molar-refractivity contribution in [1.29, 1.82) is 0 Å². The molecule has 1 fully saturated rings. The molecule has 0 aliphatic carbocycles. The number of halogens is 4. The Morgan fingerprint density at radius 2 is 1.57 bits per heavy atom. The van der Waals surface area contributed by atoms with Crippen molar-refractivity contribution >= 4 is 35.0 Å². The lowest BCUT2D eigenvalue weighted by Crippen LogP contribution is -2.48. The summed E-state index contributed by atoms with van der Waals surface area (Å²) in [6, 6.07) is 7.88. The lowest BCUT2D eigenvalue weighted by atomic mass is 10.2. The molecule has 2 aromatic carbocycles. The number of piperazine rings is 1. The number of carbonyl (C=O) groups is 2. The van der Waals surface area contributed by atoms with Crippen molar-refractivity contribution < 1.29 is 18.4 Å². The van der Waals surface area contributed by atoms with Crippen molar-refractivity contribution in [2.24, 2.45) is 0 Å². The molecule has 3 rings (SSSR count). The zero-order chi connectivity index (χ0) is 21.7. The van der Waals surface area contributed by atoms with Crippen molar-refractivity contribution in [3.05, 3.63) is 69.2 Å². The third-order valence-corrected chi connectivity index (χ3v) is 5.60. The smallest absolute Gasteiger partial charge is 0.252 e. The molecule has 1 aliphatic rings. The number of rotatable bonds is 6. The Bertz CT molecular complexity index is 934. The van der Waals surface area contributed by atoms with Crippen LogP contribution < -0.4 is 5.32 Å². The number of nitrogens with one attached hydrogen (secondary N) is 1. The van der Waals surface area contributed by atoms with Gasteiger partial charge in [-0.1, -0.05) is 29.3 Å². The average molecular weight is 456 g/mol. The van der Waals surface area contributed by atoms with Crippen LogP contribution in [0.5, 0.6) is 0 Å². The van der Waals surface area contributed by atoms with Crippen LogP contribution in [0.4, 0.5) is 8.78 Å². The van der Waals surface area contributed by atoms with Crippen LogP contribution in [-0.2, 0) is 11.3 Å². The molecule has 9 heteroatoms. The first-order valence-corrected chi connectivity index (χ1v) is 10.3. The molecule has 30 heavy (non-hydrogen) atoms. The molecule has 0 atom stereocenters. The fraction of sp³-hybridized carbons (Fsp3) is 0.333. The Labute approximate surface area is 183 Å². The summed E-state index contributed by atoms with van der Waals surface area (Å²) in [6.07, 6.45) is 0.161. The molecule has 1 aliphatic heterocycles. The molecule has 160 valence electrons. The minimum atomic E-state index is -0.521. The van der Waals surface area contributed by atoms with Crippen LogP contribution in [-0.4, -0.2) is 54.3 Å². The van der Waals surface area contributed by atoms with Crippen molar-refractivity contribution in [3.63, 3.8) is 0 Å². The van der Waals surface area contributed by atoms with Gasteiger partial charge in [0, 0.05) is 50.7 Å². The van der Waals surface area contributed by atoms with Crippen LogP contribution in [0.3, 0.4) is 0 Å². The van der Waals surface area contributed by atoms with Gasteiger partial charge in [0.15, 0.2) is 0 Å². The van der Waals surface area contributed by atoms with Gasteiger partial charge in [-0.2, -0.15) is 0 Å². The minimum absolute atomic E-state index is 0.0243. The van der Waals surface area contributed by atoms with E-state index < -0.39 is 11.7 Å². The normalized spacial score (nSPS) is 14.6. The highest BCUT2D eigenvalue weighted by atomic mass is 35.5. The molecule has 1 N–H and O–H groups in total. The number of carbonyl (C=O) groups excluding carboxylic acids is 2. The summed E-state index contributed by atoms with van der Waals surface area (Å²) in [7, 11) is 0. The van der Waals surface area contributed by atoms with Crippen molar-refractivity contribution in [2.75, 3.05) is 32.7 Å². The van der Waals surface area contributed by atoms with E-state index in [-0.39, 0.29) is 35.3 Å². The fourth-order valence-electron chi connectivity index (χ4n) is 3.26. The summed E-state index contributed by atoms with van der Waals surface area (Å²) in [5, 5.41) is 3.05. The molecule has 0 unspecified atom stereocenters. The van der Waals surface area contributed by atoms with E-state index in [0.29, 0.717) is 37.7 Å². The van der Waals surface area contributed by atoms with E-state index in [1.807, 2.05) is 0 Å². The second kappa shape index (κ2) is 10.2. The Morgan fingerprint density at radius 1 is 0.933 bits per heavy atom. The van der Waals surface area contributed by atoms with E-state index in [0.717, 1.165) is 17.7 Å². The average Bonchev–Trinajstić information content (AvgIpc) is 2.70. The predicted molar refractivity (Wildman–Crippen MR) is 112 cm³/mol. The van der Waals surface area contributed by atoms with Crippen LogP contribution in [0.2, 0.25) is 10.0 Å². The molecular weight excluding hydrogens is 435 g/mol. The molecule has 1 saturated heterocycles. The Hall–Kier alpha value is -2.22. The zero-order valence-corrected chi connectivity index (χ0v) is 17.6. The summed E-state index contributed by atoms with van der Waals surface area (Å²) in [5.74, 6) is -1.39. The zero-order valence-electron chi connectivity index (χ0n) is 16.1. The summed E-state index contributed by atoms with van der Waals surface area (Å²) >= 11 is 11.9. The lowest BCUT2D eigenvalue weighted by molar-refractivity contribution is -0.132. The van der Waals surface area contributed by atoms with Crippen molar-refractivity contribution in [2.45, 2.75) is 13.0 Å². The lowest BCUT2D eigenvalue weighted by Gasteiger charge is -2.35. The Kier molecular flexibility index (Phi) is 7.64. The SMILES string of the molecule is O=C(NCCC(=O)N1CCN(Cc2ccc(F)cc2Cl)CC1)c1ccc(F)cc1Cl. The van der Waals surface area contributed by atoms with Gasteiger partial charge in [0.1, 0.15) is 11.6 Å². The maximum atomic E-state index is 13.2. The number of amides is 2. The van der Waals surface area contributed by atoms with Gasteiger partial charge in [0.05, 0.1) is 10.6 Å². The van der Waals surface area contributed by atoms with Gasteiger partial charge in [-0.05, 0) is 35.9 Å². The largest absolute Gasteiger partial charge is 0.351 e. The first kappa shape index (κ1) is 22.5. The summed E-state index contributed by atoms with van der Waals surface area (Å²) in [5.41, 5.74) is 1.01. The molecule has 2 aromatic rings. The first-order valence-electron chi connectivity index (χ1n) is 9.51. The maximum Gasteiger partial charge on any atom is 0.252 e. The number of hydrogen-bond acceptors (Lipinski definition) is 3. The van der Waals surface area contributed by atoms with E-state index in [9.17, 15) is 18.4 Å². The molecule has 0 aromatic heterocycles. The molecule has 0 radical (unpaired) electrons. The predicted octanol–water partition coefficient (Wildman–Crippen LogP) is 3.74. The summed E-state index contributed by atoms with van der Waals surface area (Å²) in [6.45, 7) is 3.24. The van der Waals surface area contributed by atoms with E-state index in [2.05, 4.69) is 10.2 Å². The maximum absolute atomic E-state index is 13.2. The topological polar surface area (TPSA) is 52.7 Å². The number of benzene rings is 2. The molecule has 0 saturated carbocycles. The number of hydrogen-bond donors (Lipinski definition) is 1.